The Balaban J connectivity index is 1.81. The van der Waals surface area contributed by atoms with Gasteiger partial charge in [-0.15, -0.1) is 0 Å². The van der Waals surface area contributed by atoms with E-state index in [1.807, 2.05) is 24.3 Å². The van der Waals surface area contributed by atoms with Crippen LogP contribution >= 0.6 is 0 Å². The maximum Gasteiger partial charge on any atom is 0.120 e. The molecule has 21 heavy (non-hydrogen) atoms. The van der Waals surface area contributed by atoms with Crippen LogP contribution in [0.4, 0.5) is 5.69 Å². The highest BCUT2D eigenvalue weighted by Gasteiger charge is 2.33. The van der Waals surface area contributed by atoms with Gasteiger partial charge in [0.05, 0.1) is 5.69 Å². The van der Waals surface area contributed by atoms with E-state index in [1.165, 1.54) is 11.1 Å². The van der Waals surface area contributed by atoms with Crippen molar-refractivity contribution < 1.29 is 4.74 Å². The Morgan fingerprint density at radius 3 is 2.48 bits per heavy atom. The molecule has 1 heterocycles. The molecule has 0 fully saturated rings. The van der Waals surface area contributed by atoms with Crippen molar-refractivity contribution in [2.45, 2.75) is 38.7 Å². The molecule has 0 amide bonds. The van der Waals surface area contributed by atoms with E-state index >= 15 is 0 Å². The van der Waals surface area contributed by atoms with Gasteiger partial charge in [-0.2, -0.15) is 0 Å². The largest absolute Gasteiger partial charge is 0.489 e. The SMILES string of the molecule is CCC1(CC)C=Nc2ccc(OCc3ccccc3)cc21. The number of hydrogen-bond acceptors (Lipinski definition) is 2. The fraction of sp³-hybridized carbons (Fsp3) is 0.316. The van der Waals surface area contributed by atoms with Crippen molar-refractivity contribution in [3.63, 3.8) is 0 Å². The summed E-state index contributed by atoms with van der Waals surface area (Å²) in [6.07, 6.45) is 4.25. The van der Waals surface area contributed by atoms with Gasteiger partial charge in [-0.25, -0.2) is 0 Å². The predicted octanol–water partition coefficient (Wildman–Crippen LogP) is 5.04. The molecule has 0 bridgehead atoms. The second kappa shape index (κ2) is 5.72. The van der Waals surface area contributed by atoms with E-state index in [9.17, 15) is 0 Å². The molecule has 2 nitrogen and oxygen atoms in total. The second-order valence-corrected chi connectivity index (χ2v) is 5.57. The van der Waals surface area contributed by atoms with Crippen LogP contribution in [0.2, 0.25) is 0 Å². The van der Waals surface area contributed by atoms with Crippen LogP contribution in [0.3, 0.4) is 0 Å². The van der Waals surface area contributed by atoms with Crippen molar-refractivity contribution in [2.75, 3.05) is 0 Å². The van der Waals surface area contributed by atoms with Crippen molar-refractivity contribution >= 4 is 11.9 Å². The first-order chi connectivity index (χ1) is 10.3. The first-order valence-electron chi connectivity index (χ1n) is 7.64. The summed E-state index contributed by atoms with van der Waals surface area (Å²) < 4.78 is 5.94. The smallest absolute Gasteiger partial charge is 0.120 e. The lowest BCUT2D eigenvalue weighted by Gasteiger charge is -2.24. The van der Waals surface area contributed by atoms with E-state index < -0.39 is 0 Å². The summed E-state index contributed by atoms with van der Waals surface area (Å²) >= 11 is 0. The maximum absolute atomic E-state index is 5.94. The molecule has 0 saturated heterocycles. The van der Waals surface area contributed by atoms with Crippen molar-refractivity contribution in [1.82, 2.24) is 0 Å². The van der Waals surface area contributed by atoms with Gasteiger partial charge in [0.15, 0.2) is 0 Å². The lowest BCUT2D eigenvalue weighted by atomic mass is 9.78. The van der Waals surface area contributed by atoms with E-state index in [1.54, 1.807) is 0 Å². The normalized spacial score (nSPS) is 15.0. The summed E-state index contributed by atoms with van der Waals surface area (Å²) in [6, 6.07) is 16.5. The monoisotopic (exact) mass is 279 g/mol. The standard InChI is InChI=1S/C19H21NO/c1-3-19(4-2)14-20-18-11-10-16(12-17(18)19)21-13-15-8-6-5-7-9-15/h5-12,14H,3-4,13H2,1-2H3. The summed E-state index contributed by atoms with van der Waals surface area (Å²) in [6.45, 7) is 5.05. The van der Waals surface area contributed by atoms with E-state index in [-0.39, 0.29) is 5.41 Å². The van der Waals surface area contributed by atoms with Gasteiger partial charge in [0.25, 0.3) is 0 Å². The Morgan fingerprint density at radius 1 is 1.00 bits per heavy atom. The average Bonchev–Trinajstić information content (AvgIpc) is 2.92. The van der Waals surface area contributed by atoms with Crippen molar-refractivity contribution in [2.24, 2.45) is 4.99 Å². The van der Waals surface area contributed by atoms with Crippen molar-refractivity contribution in [3.05, 3.63) is 59.7 Å². The van der Waals surface area contributed by atoms with Gasteiger partial charge in [-0.05, 0) is 42.2 Å². The van der Waals surface area contributed by atoms with Crippen LogP contribution in [-0.4, -0.2) is 6.21 Å². The Kier molecular flexibility index (Phi) is 3.78. The van der Waals surface area contributed by atoms with E-state index in [0.29, 0.717) is 6.61 Å². The number of benzene rings is 2. The van der Waals surface area contributed by atoms with Gasteiger partial charge in [-0.3, -0.25) is 4.99 Å². The highest BCUT2D eigenvalue weighted by atomic mass is 16.5. The van der Waals surface area contributed by atoms with Gasteiger partial charge < -0.3 is 4.74 Å². The first-order valence-corrected chi connectivity index (χ1v) is 7.64. The van der Waals surface area contributed by atoms with Gasteiger partial charge >= 0.3 is 0 Å². The number of nitrogens with zero attached hydrogens (tertiary/aromatic N) is 1. The molecule has 0 unspecified atom stereocenters. The van der Waals surface area contributed by atoms with Crippen LogP contribution in [0.15, 0.2) is 53.5 Å². The quantitative estimate of drug-likeness (QED) is 0.751. The zero-order valence-corrected chi connectivity index (χ0v) is 12.7. The molecule has 2 heteroatoms. The van der Waals surface area contributed by atoms with Crippen molar-refractivity contribution in [1.29, 1.82) is 0 Å². The molecule has 1 aliphatic rings. The molecule has 0 saturated carbocycles. The third-order valence-corrected chi connectivity index (χ3v) is 4.47. The summed E-state index contributed by atoms with van der Waals surface area (Å²) in [4.78, 5) is 4.57. The van der Waals surface area contributed by atoms with Crippen molar-refractivity contribution in [3.8, 4) is 5.75 Å². The number of rotatable bonds is 5. The minimum Gasteiger partial charge on any atom is -0.489 e. The average molecular weight is 279 g/mol. The number of hydrogen-bond donors (Lipinski definition) is 0. The first kappa shape index (κ1) is 13.9. The van der Waals surface area contributed by atoms with Crippen LogP contribution in [-0.2, 0) is 12.0 Å². The predicted molar refractivity (Wildman–Crippen MR) is 87.6 cm³/mol. The molecule has 108 valence electrons. The molecular formula is C19H21NO. The Labute approximate surface area is 126 Å². The molecule has 2 aromatic carbocycles. The molecule has 1 aliphatic heterocycles. The lowest BCUT2D eigenvalue weighted by Crippen LogP contribution is -2.23. The third-order valence-electron chi connectivity index (χ3n) is 4.47. The molecule has 3 rings (SSSR count). The lowest BCUT2D eigenvalue weighted by molar-refractivity contribution is 0.305. The number of fused-ring (bicyclic) bond motifs is 1. The Morgan fingerprint density at radius 2 is 1.76 bits per heavy atom. The minimum atomic E-state index is 0.0848. The fourth-order valence-electron chi connectivity index (χ4n) is 2.93. The van der Waals surface area contributed by atoms with Gasteiger partial charge in [0.2, 0.25) is 0 Å². The Hall–Kier alpha value is -2.09. The molecule has 0 atom stereocenters. The molecule has 0 aliphatic carbocycles. The fourth-order valence-corrected chi connectivity index (χ4v) is 2.93. The molecule has 0 aromatic heterocycles. The number of aliphatic imine (C=N–C) groups is 1. The summed E-state index contributed by atoms with van der Waals surface area (Å²) in [5, 5.41) is 0. The van der Waals surface area contributed by atoms with Gasteiger partial charge in [-0.1, -0.05) is 44.2 Å². The molecule has 0 spiro atoms. The minimum absolute atomic E-state index is 0.0848. The highest BCUT2D eigenvalue weighted by molar-refractivity contribution is 5.85. The summed E-state index contributed by atoms with van der Waals surface area (Å²) in [5.41, 5.74) is 3.66. The van der Waals surface area contributed by atoms with Gasteiger partial charge in [0, 0.05) is 11.6 Å². The maximum atomic E-state index is 5.94. The third kappa shape index (κ3) is 2.58. The molecule has 2 aromatic rings. The van der Waals surface area contributed by atoms with Crippen LogP contribution in [0, 0.1) is 0 Å². The van der Waals surface area contributed by atoms with Crippen LogP contribution in [0.5, 0.6) is 5.75 Å². The zero-order chi connectivity index (χ0) is 14.7. The van der Waals surface area contributed by atoms with E-state index in [2.05, 4.69) is 49.3 Å². The van der Waals surface area contributed by atoms with Crippen LogP contribution in [0.1, 0.15) is 37.8 Å². The van der Waals surface area contributed by atoms with Crippen LogP contribution in [0.25, 0.3) is 0 Å². The van der Waals surface area contributed by atoms with Crippen LogP contribution < -0.4 is 4.74 Å². The summed E-state index contributed by atoms with van der Waals surface area (Å²) in [7, 11) is 0. The number of ether oxygens (including phenoxy) is 1. The second-order valence-electron chi connectivity index (χ2n) is 5.57. The van der Waals surface area contributed by atoms with E-state index in [0.717, 1.165) is 24.3 Å². The van der Waals surface area contributed by atoms with E-state index in [4.69, 9.17) is 4.74 Å². The highest BCUT2D eigenvalue weighted by Crippen LogP contribution is 2.43. The zero-order valence-electron chi connectivity index (χ0n) is 12.7. The molecule has 0 N–H and O–H groups in total. The summed E-state index contributed by atoms with van der Waals surface area (Å²) in [5.74, 6) is 0.925. The molecule has 0 radical (unpaired) electrons. The van der Waals surface area contributed by atoms with Gasteiger partial charge in [0.1, 0.15) is 12.4 Å². The molecular weight excluding hydrogens is 258 g/mol. The topological polar surface area (TPSA) is 21.6 Å². The Bertz CT molecular complexity index is 642.